The molecule has 4 heteroatoms. The molecule has 2 aromatic rings. The highest BCUT2D eigenvalue weighted by Crippen LogP contribution is 2.21. The van der Waals surface area contributed by atoms with Crippen LogP contribution in [0.4, 0.5) is 0 Å². The zero-order valence-corrected chi connectivity index (χ0v) is 9.81. The van der Waals surface area contributed by atoms with Crippen LogP contribution in [-0.2, 0) is 7.05 Å². The van der Waals surface area contributed by atoms with E-state index in [1.165, 1.54) is 11.1 Å². The number of nitrogens with one attached hydrogen (secondary N) is 1. The molecule has 84 valence electrons. The summed E-state index contributed by atoms with van der Waals surface area (Å²) in [7, 11) is 3.95. The van der Waals surface area contributed by atoms with Crippen LogP contribution in [0.1, 0.15) is 23.0 Å². The average molecular weight is 216 g/mol. The van der Waals surface area contributed by atoms with Crippen molar-refractivity contribution in [1.29, 1.82) is 0 Å². The predicted molar refractivity (Wildman–Crippen MR) is 63.1 cm³/mol. The maximum absolute atomic E-state index is 4.38. The first-order valence-corrected chi connectivity index (χ1v) is 5.29. The summed E-state index contributed by atoms with van der Waals surface area (Å²) in [5, 5.41) is 3.29. The Morgan fingerprint density at radius 1 is 1.38 bits per heavy atom. The summed E-state index contributed by atoms with van der Waals surface area (Å²) in [6, 6.07) is 2.15. The van der Waals surface area contributed by atoms with Crippen LogP contribution in [0.5, 0.6) is 0 Å². The Balaban J connectivity index is 2.45. The molecule has 1 N–H and O–H groups in total. The van der Waals surface area contributed by atoms with Gasteiger partial charge in [0.1, 0.15) is 5.82 Å². The van der Waals surface area contributed by atoms with Gasteiger partial charge in [0.15, 0.2) is 0 Å². The van der Waals surface area contributed by atoms with Crippen molar-refractivity contribution in [2.24, 2.45) is 7.05 Å². The second-order valence-corrected chi connectivity index (χ2v) is 3.85. The second kappa shape index (κ2) is 4.45. The fraction of sp³-hybridized carbons (Fsp3) is 0.333. The molecular weight excluding hydrogens is 200 g/mol. The third-order valence-corrected chi connectivity index (χ3v) is 2.78. The van der Waals surface area contributed by atoms with Crippen molar-refractivity contribution >= 4 is 0 Å². The normalized spacial score (nSPS) is 12.7. The Hall–Kier alpha value is -1.68. The molecule has 16 heavy (non-hydrogen) atoms. The van der Waals surface area contributed by atoms with Crippen LogP contribution in [0.25, 0.3) is 0 Å². The van der Waals surface area contributed by atoms with Crippen LogP contribution >= 0.6 is 0 Å². The van der Waals surface area contributed by atoms with Gasteiger partial charge in [0.2, 0.25) is 0 Å². The zero-order valence-electron chi connectivity index (χ0n) is 9.81. The molecule has 0 aliphatic heterocycles. The van der Waals surface area contributed by atoms with Gasteiger partial charge < -0.3 is 9.88 Å². The molecule has 0 fully saturated rings. The van der Waals surface area contributed by atoms with E-state index in [0.717, 1.165) is 5.82 Å². The number of aryl methyl sites for hydroxylation is 2. The number of hydrogen-bond acceptors (Lipinski definition) is 3. The van der Waals surface area contributed by atoms with Gasteiger partial charge >= 0.3 is 0 Å². The maximum Gasteiger partial charge on any atom is 0.130 e. The van der Waals surface area contributed by atoms with E-state index in [1.54, 1.807) is 0 Å². The van der Waals surface area contributed by atoms with E-state index in [4.69, 9.17) is 0 Å². The average Bonchev–Trinajstić information content (AvgIpc) is 2.69. The lowest BCUT2D eigenvalue weighted by atomic mass is 10.0. The smallest absolute Gasteiger partial charge is 0.130 e. The summed E-state index contributed by atoms with van der Waals surface area (Å²) in [4.78, 5) is 8.49. The van der Waals surface area contributed by atoms with Crippen LogP contribution in [-0.4, -0.2) is 21.6 Å². The number of pyridine rings is 1. The first-order valence-electron chi connectivity index (χ1n) is 5.29. The van der Waals surface area contributed by atoms with Crippen molar-refractivity contribution in [3.63, 3.8) is 0 Å². The minimum absolute atomic E-state index is 0.114. The maximum atomic E-state index is 4.38. The number of rotatable bonds is 3. The third kappa shape index (κ3) is 1.84. The first-order chi connectivity index (χ1) is 7.74. The Morgan fingerprint density at radius 2 is 2.19 bits per heavy atom. The summed E-state index contributed by atoms with van der Waals surface area (Å²) in [5.41, 5.74) is 2.39. The second-order valence-electron chi connectivity index (χ2n) is 3.85. The van der Waals surface area contributed by atoms with E-state index >= 15 is 0 Å². The van der Waals surface area contributed by atoms with Crippen molar-refractivity contribution in [3.05, 3.63) is 47.8 Å². The lowest BCUT2D eigenvalue weighted by Crippen LogP contribution is -2.22. The van der Waals surface area contributed by atoms with Gasteiger partial charge in [-0.05, 0) is 31.2 Å². The first kappa shape index (κ1) is 10.8. The molecule has 2 rings (SSSR count). The Morgan fingerprint density at radius 3 is 2.75 bits per heavy atom. The highest BCUT2D eigenvalue weighted by atomic mass is 15.1. The van der Waals surface area contributed by atoms with Crippen LogP contribution in [0.3, 0.4) is 0 Å². The lowest BCUT2D eigenvalue weighted by Gasteiger charge is -2.18. The molecule has 0 aromatic carbocycles. The van der Waals surface area contributed by atoms with Gasteiger partial charge in [-0.1, -0.05) is 0 Å². The topological polar surface area (TPSA) is 42.7 Å². The largest absolute Gasteiger partial charge is 0.336 e. The molecule has 0 aliphatic carbocycles. The Kier molecular flexibility index (Phi) is 3.01. The monoisotopic (exact) mass is 216 g/mol. The van der Waals surface area contributed by atoms with Gasteiger partial charge in [-0.15, -0.1) is 0 Å². The Labute approximate surface area is 95.4 Å². The molecular formula is C12H16N4. The van der Waals surface area contributed by atoms with E-state index in [9.17, 15) is 0 Å². The van der Waals surface area contributed by atoms with E-state index in [0.29, 0.717) is 0 Å². The quantitative estimate of drug-likeness (QED) is 0.844. The number of nitrogens with zero attached hydrogens (tertiary/aromatic N) is 3. The van der Waals surface area contributed by atoms with E-state index in [-0.39, 0.29) is 6.04 Å². The summed E-state index contributed by atoms with van der Waals surface area (Å²) in [6.45, 7) is 2.07. The molecule has 0 spiro atoms. The molecule has 0 aliphatic rings. The fourth-order valence-electron chi connectivity index (χ4n) is 1.89. The van der Waals surface area contributed by atoms with Crippen molar-refractivity contribution in [2.45, 2.75) is 13.0 Å². The minimum atomic E-state index is 0.114. The molecule has 2 aromatic heterocycles. The number of aromatic nitrogens is 3. The van der Waals surface area contributed by atoms with Gasteiger partial charge in [0.05, 0.1) is 6.04 Å². The van der Waals surface area contributed by atoms with Crippen LogP contribution < -0.4 is 5.32 Å². The molecule has 0 bridgehead atoms. The molecule has 4 nitrogen and oxygen atoms in total. The predicted octanol–water partition coefficient (Wildman–Crippen LogP) is 1.43. The highest BCUT2D eigenvalue weighted by molar-refractivity contribution is 5.30. The van der Waals surface area contributed by atoms with E-state index in [1.807, 2.05) is 49.5 Å². The van der Waals surface area contributed by atoms with Gasteiger partial charge in [-0.25, -0.2) is 4.98 Å². The third-order valence-electron chi connectivity index (χ3n) is 2.78. The summed E-state index contributed by atoms with van der Waals surface area (Å²) in [5.74, 6) is 1.01. The standard InChI is InChI=1S/C12H16N4/c1-9-8-14-5-4-10(9)11(13-2)12-15-6-7-16(12)3/h4-8,11,13H,1-3H3. The molecule has 0 saturated heterocycles. The molecule has 1 atom stereocenters. The Bertz CT molecular complexity index is 475. The van der Waals surface area contributed by atoms with Crippen molar-refractivity contribution in [1.82, 2.24) is 19.9 Å². The zero-order chi connectivity index (χ0) is 11.5. The minimum Gasteiger partial charge on any atom is -0.336 e. The van der Waals surface area contributed by atoms with Gasteiger partial charge in [0, 0.05) is 31.8 Å². The number of imidazole rings is 1. The van der Waals surface area contributed by atoms with Crippen molar-refractivity contribution < 1.29 is 0 Å². The summed E-state index contributed by atoms with van der Waals surface area (Å²) in [6.07, 6.45) is 7.46. The molecule has 1 unspecified atom stereocenters. The van der Waals surface area contributed by atoms with Gasteiger partial charge in [-0.3, -0.25) is 4.98 Å². The SMILES string of the molecule is CNC(c1ccncc1C)c1nccn1C. The molecule has 2 heterocycles. The lowest BCUT2D eigenvalue weighted by molar-refractivity contribution is 0.613. The van der Waals surface area contributed by atoms with Crippen LogP contribution in [0.2, 0.25) is 0 Å². The van der Waals surface area contributed by atoms with Crippen molar-refractivity contribution in [2.75, 3.05) is 7.05 Å². The highest BCUT2D eigenvalue weighted by Gasteiger charge is 2.17. The van der Waals surface area contributed by atoms with Gasteiger partial charge in [0.25, 0.3) is 0 Å². The van der Waals surface area contributed by atoms with E-state index < -0.39 is 0 Å². The van der Waals surface area contributed by atoms with E-state index in [2.05, 4.69) is 22.2 Å². The molecule has 0 saturated carbocycles. The summed E-state index contributed by atoms with van der Waals surface area (Å²) < 4.78 is 2.03. The number of hydrogen-bond donors (Lipinski definition) is 1. The summed E-state index contributed by atoms with van der Waals surface area (Å²) >= 11 is 0. The van der Waals surface area contributed by atoms with Crippen LogP contribution in [0.15, 0.2) is 30.9 Å². The van der Waals surface area contributed by atoms with Gasteiger partial charge in [-0.2, -0.15) is 0 Å². The van der Waals surface area contributed by atoms with Crippen molar-refractivity contribution in [3.8, 4) is 0 Å². The molecule has 0 radical (unpaired) electrons. The fourth-order valence-corrected chi connectivity index (χ4v) is 1.89. The van der Waals surface area contributed by atoms with Crippen LogP contribution in [0, 0.1) is 6.92 Å². The molecule has 0 amide bonds.